The molecule has 0 aliphatic heterocycles. The minimum Gasteiger partial charge on any atom is -0.309 e. The standard InChI is InChI=1S/C14H19N3S2/c1-4-12(15-5-2)13-7-6-11(8-16-13)19-14-17-10(3)9-18-14/h6-9,12,15H,4-5H2,1-3H3. The maximum atomic E-state index is 4.56. The molecule has 0 radical (unpaired) electrons. The summed E-state index contributed by atoms with van der Waals surface area (Å²) in [5.41, 5.74) is 2.19. The number of pyridine rings is 1. The van der Waals surface area contributed by atoms with Crippen molar-refractivity contribution in [2.75, 3.05) is 6.54 Å². The van der Waals surface area contributed by atoms with Crippen molar-refractivity contribution < 1.29 is 0 Å². The first-order valence-electron chi connectivity index (χ1n) is 6.52. The number of aromatic nitrogens is 2. The van der Waals surface area contributed by atoms with Gasteiger partial charge in [-0.3, -0.25) is 4.98 Å². The van der Waals surface area contributed by atoms with E-state index in [-0.39, 0.29) is 0 Å². The topological polar surface area (TPSA) is 37.8 Å². The summed E-state index contributed by atoms with van der Waals surface area (Å²) in [6.07, 6.45) is 3.00. The predicted octanol–water partition coefficient (Wildman–Crippen LogP) is 4.06. The Morgan fingerprint density at radius 2 is 2.21 bits per heavy atom. The van der Waals surface area contributed by atoms with Crippen LogP contribution in [0.5, 0.6) is 0 Å². The highest BCUT2D eigenvalue weighted by Gasteiger charge is 2.09. The smallest absolute Gasteiger partial charge is 0.154 e. The number of aryl methyl sites for hydroxylation is 1. The molecule has 2 aromatic heterocycles. The highest BCUT2D eigenvalue weighted by atomic mass is 32.2. The Bertz CT molecular complexity index is 508. The highest BCUT2D eigenvalue weighted by Crippen LogP contribution is 2.30. The van der Waals surface area contributed by atoms with E-state index in [0.29, 0.717) is 6.04 Å². The maximum absolute atomic E-state index is 4.56. The fraction of sp³-hybridized carbons (Fsp3) is 0.429. The molecular weight excluding hydrogens is 274 g/mol. The zero-order chi connectivity index (χ0) is 13.7. The molecule has 0 spiro atoms. The van der Waals surface area contributed by atoms with E-state index >= 15 is 0 Å². The van der Waals surface area contributed by atoms with Gasteiger partial charge in [0, 0.05) is 28.2 Å². The van der Waals surface area contributed by atoms with E-state index in [2.05, 4.69) is 46.6 Å². The van der Waals surface area contributed by atoms with Gasteiger partial charge in [0.2, 0.25) is 0 Å². The molecule has 2 aromatic rings. The van der Waals surface area contributed by atoms with Crippen molar-refractivity contribution in [2.45, 2.75) is 42.5 Å². The van der Waals surface area contributed by atoms with E-state index in [9.17, 15) is 0 Å². The third-order valence-electron chi connectivity index (χ3n) is 2.78. The van der Waals surface area contributed by atoms with E-state index in [1.54, 1.807) is 23.1 Å². The number of rotatable bonds is 6. The molecule has 0 aromatic carbocycles. The summed E-state index contributed by atoms with van der Waals surface area (Å²) in [4.78, 5) is 10.2. The van der Waals surface area contributed by atoms with Crippen LogP contribution in [0.15, 0.2) is 32.9 Å². The molecular formula is C14H19N3S2. The summed E-state index contributed by atoms with van der Waals surface area (Å²) in [5.74, 6) is 0. The van der Waals surface area contributed by atoms with Crippen LogP contribution in [0.1, 0.15) is 37.7 Å². The van der Waals surface area contributed by atoms with E-state index in [1.165, 1.54) is 0 Å². The lowest BCUT2D eigenvalue weighted by Gasteiger charge is -2.15. The largest absolute Gasteiger partial charge is 0.309 e. The molecule has 3 nitrogen and oxygen atoms in total. The van der Waals surface area contributed by atoms with Crippen molar-refractivity contribution in [2.24, 2.45) is 0 Å². The van der Waals surface area contributed by atoms with Gasteiger partial charge in [0.25, 0.3) is 0 Å². The van der Waals surface area contributed by atoms with Gasteiger partial charge in [-0.25, -0.2) is 4.98 Å². The van der Waals surface area contributed by atoms with Crippen molar-refractivity contribution >= 4 is 23.1 Å². The second-order valence-electron chi connectivity index (χ2n) is 4.29. The minimum atomic E-state index is 0.353. The van der Waals surface area contributed by atoms with Gasteiger partial charge in [-0.15, -0.1) is 11.3 Å². The van der Waals surface area contributed by atoms with Crippen LogP contribution in [0, 0.1) is 6.92 Å². The second kappa shape index (κ2) is 7.03. The summed E-state index contributed by atoms with van der Waals surface area (Å²) < 4.78 is 1.07. The van der Waals surface area contributed by atoms with Crippen LogP contribution in [-0.2, 0) is 0 Å². The SMILES string of the molecule is CCNC(CC)c1ccc(Sc2nc(C)cs2)cn1. The fourth-order valence-corrected chi connectivity index (χ4v) is 3.62. The highest BCUT2D eigenvalue weighted by molar-refractivity contribution is 8.01. The summed E-state index contributed by atoms with van der Waals surface area (Å²) in [6, 6.07) is 4.59. The summed E-state index contributed by atoms with van der Waals surface area (Å²) >= 11 is 3.35. The normalized spacial score (nSPS) is 12.6. The molecule has 1 N–H and O–H groups in total. The zero-order valence-electron chi connectivity index (χ0n) is 11.5. The Balaban J connectivity index is 2.05. The van der Waals surface area contributed by atoms with Gasteiger partial charge in [-0.1, -0.05) is 25.6 Å². The van der Waals surface area contributed by atoms with Crippen molar-refractivity contribution in [3.8, 4) is 0 Å². The van der Waals surface area contributed by atoms with Crippen molar-refractivity contribution in [3.63, 3.8) is 0 Å². The molecule has 102 valence electrons. The van der Waals surface area contributed by atoms with Gasteiger partial charge in [0.05, 0.1) is 5.69 Å². The van der Waals surface area contributed by atoms with Gasteiger partial charge in [-0.2, -0.15) is 0 Å². The Morgan fingerprint density at radius 3 is 2.74 bits per heavy atom. The lowest BCUT2D eigenvalue weighted by atomic mass is 10.1. The fourth-order valence-electron chi connectivity index (χ4n) is 1.84. The summed E-state index contributed by atoms with van der Waals surface area (Å²) in [6.45, 7) is 7.28. The van der Waals surface area contributed by atoms with Gasteiger partial charge in [0.15, 0.2) is 4.34 Å². The molecule has 0 amide bonds. The Labute approximate surface area is 122 Å². The molecule has 19 heavy (non-hydrogen) atoms. The molecule has 0 aliphatic rings. The van der Waals surface area contributed by atoms with Gasteiger partial charge in [0.1, 0.15) is 0 Å². The van der Waals surface area contributed by atoms with Crippen molar-refractivity contribution in [1.29, 1.82) is 0 Å². The first-order chi connectivity index (χ1) is 9.22. The molecule has 0 aliphatic carbocycles. The average Bonchev–Trinajstić information content (AvgIpc) is 2.82. The Kier molecular flexibility index (Phi) is 5.36. The van der Waals surface area contributed by atoms with Crippen LogP contribution < -0.4 is 5.32 Å². The molecule has 0 saturated heterocycles. The molecule has 2 rings (SSSR count). The lowest BCUT2D eigenvalue weighted by molar-refractivity contribution is 0.524. The van der Waals surface area contributed by atoms with Gasteiger partial charge >= 0.3 is 0 Å². The van der Waals surface area contributed by atoms with Gasteiger partial charge < -0.3 is 5.32 Å². The quantitative estimate of drug-likeness (QED) is 0.871. The van der Waals surface area contributed by atoms with Crippen LogP contribution in [0.25, 0.3) is 0 Å². The molecule has 2 heterocycles. The molecule has 0 bridgehead atoms. The minimum absolute atomic E-state index is 0.353. The number of hydrogen-bond donors (Lipinski definition) is 1. The summed E-state index contributed by atoms with van der Waals surface area (Å²) in [7, 11) is 0. The average molecular weight is 293 g/mol. The Hall–Kier alpha value is -0.910. The zero-order valence-corrected chi connectivity index (χ0v) is 13.1. The van der Waals surface area contributed by atoms with Crippen LogP contribution in [-0.4, -0.2) is 16.5 Å². The van der Waals surface area contributed by atoms with Crippen molar-refractivity contribution in [1.82, 2.24) is 15.3 Å². The monoisotopic (exact) mass is 293 g/mol. The molecule has 0 saturated carbocycles. The van der Waals surface area contributed by atoms with Gasteiger partial charge in [-0.05, 0) is 32.0 Å². The second-order valence-corrected chi connectivity index (χ2v) is 6.47. The third kappa shape index (κ3) is 4.03. The van der Waals surface area contributed by atoms with Crippen LogP contribution in [0.3, 0.4) is 0 Å². The van der Waals surface area contributed by atoms with E-state index in [4.69, 9.17) is 0 Å². The lowest BCUT2D eigenvalue weighted by Crippen LogP contribution is -2.20. The number of thiazole rings is 1. The maximum Gasteiger partial charge on any atom is 0.154 e. The Morgan fingerprint density at radius 1 is 1.37 bits per heavy atom. The number of hydrogen-bond acceptors (Lipinski definition) is 5. The predicted molar refractivity (Wildman–Crippen MR) is 81.9 cm³/mol. The molecule has 0 fully saturated rings. The first-order valence-corrected chi connectivity index (χ1v) is 8.21. The molecule has 1 atom stereocenters. The van der Waals surface area contributed by atoms with E-state index in [0.717, 1.165) is 33.6 Å². The molecule has 5 heteroatoms. The van der Waals surface area contributed by atoms with E-state index in [1.807, 2.05) is 13.1 Å². The first kappa shape index (κ1) is 14.5. The van der Waals surface area contributed by atoms with Crippen LogP contribution >= 0.6 is 23.1 Å². The summed E-state index contributed by atoms with van der Waals surface area (Å²) in [5, 5.41) is 5.51. The number of nitrogens with one attached hydrogen (secondary N) is 1. The third-order valence-corrected chi connectivity index (χ3v) is 4.81. The van der Waals surface area contributed by atoms with Crippen LogP contribution in [0.2, 0.25) is 0 Å². The molecule has 1 unspecified atom stereocenters. The van der Waals surface area contributed by atoms with Crippen molar-refractivity contribution in [3.05, 3.63) is 35.1 Å². The number of nitrogens with zero attached hydrogens (tertiary/aromatic N) is 2. The van der Waals surface area contributed by atoms with E-state index < -0.39 is 0 Å². The van der Waals surface area contributed by atoms with Crippen LogP contribution in [0.4, 0.5) is 0 Å².